The van der Waals surface area contributed by atoms with Crippen LogP contribution in [0.1, 0.15) is 16.8 Å². The molecular weight excluding hydrogens is 371 g/mol. The number of carboxylic acid groups (broad SMARTS) is 1. The summed E-state index contributed by atoms with van der Waals surface area (Å²) in [4.78, 5) is 24.2. The van der Waals surface area contributed by atoms with Gasteiger partial charge in [-0.2, -0.15) is 0 Å². The van der Waals surface area contributed by atoms with Crippen molar-refractivity contribution in [1.29, 1.82) is 0 Å². The second-order valence-corrected chi connectivity index (χ2v) is 6.72. The molecule has 2 aromatic rings. The lowest BCUT2D eigenvalue weighted by Crippen LogP contribution is -2.20. The normalized spacial score (nSPS) is 11.9. The largest absolute Gasteiger partial charge is 0.480 e. The Bertz CT molecular complexity index is 671. The lowest BCUT2D eigenvalue weighted by atomic mass is 10.1. The molecule has 3 nitrogen and oxygen atoms in total. The average molecular weight is 383 g/mol. The van der Waals surface area contributed by atoms with E-state index in [9.17, 15) is 19.1 Å². The van der Waals surface area contributed by atoms with Gasteiger partial charge in [0.25, 0.3) is 0 Å². The lowest BCUT2D eigenvalue weighted by Gasteiger charge is -2.11. The van der Waals surface area contributed by atoms with E-state index < -0.39 is 17.0 Å². The first-order valence-electron chi connectivity index (χ1n) is 6.39. The molecule has 0 saturated carbocycles. The number of carbonyl (C=O) groups excluding carboxylic acids is 1. The average Bonchev–Trinajstić information content (AvgIpc) is 2.49. The third-order valence-electron chi connectivity index (χ3n) is 2.90. The van der Waals surface area contributed by atoms with Crippen molar-refractivity contribution in [2.75, 3.05) is 0 Å². The Kier molecular flexibility index (Phi) is 5.74. The number of thioether (sulfide) groups is 1. The van der Waals surface area contributed by atoms with Crippen LogP contribution < -0.4 is 0 Å². The zero-order valence-electron chi connectivity index (χ0n) is 11.3. The maximum absolute atomic E-state index is 12.8. The predicted molar refractivity (Wildman–Crippen MR) is 86.8 cm³/mol. The number of hydrogen-bond donors (Lipinski definition) is 1. The van der Waals surface area contributed by atoms with Crippen molar-refractivity contribution in [2.24, 2.45) is 0 Å². The summed E-state index contributed by atoms with van der Waals surface area (Å²) in [5.41, 5.74) is 0.309. The van der Waals surface area contributed by atoms with E-state index in [1.54, 1.807) is 12.1 Å². The summed E-state index contributed by atoms with van der Waals surface area (Å²) in [6, 6.07) is 12.3. The van der Waals surface area contributed by atoms with Crippen molar-refractivity contribution in [3.8, 4) is 0 Å². The third kappa shape index (κ3) is 4.68. The lowest BCUT2D eigenvalue weighted by molar-refractivity contribution is -0.136. The van der Waals surface area contributed by atoms with E-state index in [1.807, 2.05) is 12.1 Å². The minimum atomic E-state index is -1.05. The molecule has 114 valence electrons. The molecule has 0 amide bonds. The van der Waals surface area contributed by atoms with Crippen LogP contribution in [0.5, 0.6) is 0 Å². The topological polar surface area (TPSA) is 54.4 Å². The second kappa shape index (κ2) is 7.56. The molecule has 1 N–H and O–H groups in total. The van der Waals surface area contributed by atoms with Crippen LogP contribution in [0.2, 0.25) is 0 Å². The summed E-state index contributed by atoms with van der Waals surface area (Å²) < 4.78 is 13.7. The number of carboxylic acids is 1. The molecule has 2 rings (SSSR count). The number of hydrogen-bond acceptors (Lipinski definition) is 3. The number of benzene rings is 2. The number of ketones is 1. The van der Waals surface area contributed by atoms with Crippen molar-refractivity contribution in [2.45, 2.75) is 16.6 Å². The molecule has 0 radical (unpaired) electrons. The maximum atomic E-state index is 12.8. The van der Waals surface area contributed by atoms with E-state index in [-0.39, 0.29) is 12.2 Å². The number of carbonyl (C=O) groups is 2. The monoisotopic (exact) mass is 382 g/mol. The van der Waals surface area contributed by atoms with Crippen LogP contribution in [-0.4, -0.2) is 22.1 Å². The molecule has 0 aliphatic carbocycles. The summed E-state index contributed by atoms with van der Waals surface area (Å²) in [7, 11) is 0. The van der Waals surface area contributed by atoms with Gasteiger partial charge in [-0.25, -0.2) is 4.39 Å². The fourth-order valence-electron chi connectivity index (χ4n) is 1.78. The molecule has 0 unspecified atom stereocenters. The highest BCUT2D eigenvalue weighted by Gasteiger charge is 2.23. The summed E-state index contributed by atoms with van der Waals surface area (Å²) in [5.74, 6) is -1.81. The zero-order valence-corrected chi connectivity index (χ0v) is 13.7. The van der Waals surface area contributed by atoms with Gasteiger partial charge < -0.3 is 5.11 Å². The Hall–Kier alpha value is -1.66. The molecule has 6 heteroatoms. The molecule has 2 aromatic carbocycles. The van der Waals surface area contributed by atoms with Gasteiger partial charge in [-0.15, -0.1) is 11.8 Å². The number of aliphatic carboxylic acids is 1. The van der Waals surface area contributed by atoms with Crippen LogP contribution in [0.4, 0.5) is 4.39 Å². The van der Waals surface area contributed by atoms with E-state index in [1.165, 1.54) is 24.3 Å². The molecule has 0 saturated heterocycles. The van der Waals surface area contributed by atoms with Crippen LogP contribution in [0.15, 0.2) is 57.9 Å². The highest BCUT2D eigenvalue weighted by atomic mass is 79.9. The second-order valence-electron chi connectivity index (χ2n) is 4.53. The highest BCUT2D eigenvalue weighted by Crippen LogP contribution is 2.28. The standard InChI is InChI=1S/C16H12BrFO3S/c17-11-3-7-13(8-4-11)22-15(16(20)21)9-14(19)10-1-5-12(18)6-2-10/h1-8,15H,9H2,(H,20,21)/t15-/m0/s1. The predicted octanol–water partition coefficient (Wildman–Crippen LogP) is 4.41. The Morgan fingerprint density at radius 2 is 1.68 bits per heavy atom. The van der Waals surface area contributed by atoms with Gasteiger partial charge >= 0.3 is 5.97 Å². The number of halogens is 2. The minimum Gasteiger partial charge on any atom is -0.480 e. The first-order valence-corrected chi connectivity index (χ1v) is 8.07. The van der Waals surface area contributed by atoms with E-state index in [4.69, 9.17) is 0 Å². The first-order chi connectivity index (χ1) is 10.5. The van der Waals surface area contributed by atoms with E-state index in [2.05, 4.69) is 15.9 Å². The van der Waals surface area contributed by atoms with Gasteiger partial charge in [0.2, 0.25) is 0 Å². The van der Waals surface area contributed by atoms with E-state index in [0.29, 0.717) is 5.56 Å². The molecular formula is C16H12BrFO3S. The van der Waals surface area contributed by atoms with Crippen molar-refractivity contribution in [3.05, 3.63) is 64.4 Å². The Balaban J connectivity index is 2.08. The van der Waals surface area contributed by atoms with Gasteiger partial charge in [-0.1, -0.05) is 15.9 Å². The van der Waals surface area contributed by atoms with Crippen LogP contribution in [0.25, 0.3) is 0 Å². The third-order valence-corrected chi connectivity index (χ3v) is 4.63. The zero-order chi connectivity index (χ0) is 16.1. The molecule has 0 spiro atoms. The Labute approximate surface area is 139 Å². The molecule has 0 heterocycles. The van der Waals surface area contributed by atoms with Gasteiger partial charge in [-0.05, 0) is 48.5 Å². The molecule has 0 fully saturated rings. The Morgan fingerprint density at radius 3 is 2.23 bits per heavy atom. The van der Waals surface area contributed by atoms with Gasteiger partial charge in [0.1, 0.15) is 11.1 Å². The summed E-state index contributed by atoms with van der Waals surface area (Å²) in [5, 5.41) is 8.40. The van der Waals surface area contributed by atoms with E-state index in [0.717, 1.165) is 21.1 Å². The van der Waals surface area contributed by atoms with Crippen LogP contribution >= 0.6 is 27.7 Å². The number of rotatable bonds is 6. The molecule has 0 aliphatic heterocycles. The summed E-state index contributed by atoms with van der Waals surface area (Å²) in [6.45, 7) is 0. The highest BCUT2D eigenvalue weighted by molar-refractivity contribution is 9.10. The van der Waals surface area contributed by atoms with Gasteiger partial charge in [0.15, 0.2) is 5.78 Å². The summed E-state index contributed by atoms with van der Waals surface area (Å²) >= 11 is 4.42. The van der Waals surface area contributed by atoms with Gasteiger partial charge in [0, 0.05) is 21.4 Å². The van der Waals surface area contributed by atoms with Crippen molar-refractivity contribution in [1.82, 2.24) is 0 Å². The van der Waals surface area contributed by atoms with Gasteiger partial charge in [-0.3, -0.25) is 9.59 Å². The maximum Gasteiger partial charge on any atom is 0.317 e. The SMILES string of the molecule is O=C(C[C@H](Sc1ccc(Br)cc1)C(=O)O)c1ccc(F)cc1. The fourth-order valence-corrected chi connectivity index (χ4v) is 3.00. The number of Topliss-reactive ketones (excluding diaryl/α,β-unsaturated/α-hetero) is 1. The van der Waals surface area contributed by atoms with Crippen LogP contribution in [-0.2, 0) is 4.79 Å². The molecule has 0 bridgehead atoms. The Morgan fingerprint density at radius 1 is 1.09 bits per heavy atom. The molecule has 1 atom stereocenters. The quantitative estimate of drug-likeness (QED) is 0.593. The fraction of sp³-hybridized carbons (Fsp3) is 0.125. The molecule has 22 heavy (non-hydrogen) atoms. The van der Waals surface area contributed by atoms with E-state index >= 15 is 0 Å². The summed E-state index contributed by atoms with van der Waals surface area (Å²) in [6.07, 6.45) is -0.151. The van der Waals surface area contributed by atoms with Crippen molar-refractivity contribution >= 4 is 39.4 Å². The minimum absolute atomic E-state index is 0.151. The first kappa shape index (κ1) is 16.7. The van der Waals surface area contributed by atoms with Crippen LogP contribution in [0.3, 0.4) is 0 Å². The smallest absolute Gasteiger partial charge is 0.317 e. The van der Waals surface area contributed by atoms with Crippen molar-refractivity contribution < 1.29 is 19.1 Å². The van der Waals surface area contributed by atoms with Gasteiger partial charge in [0.05, 0.1) is 0 Å². The van der Waals surface area contributed by atoms with Crippen LogP contribution in [0, 0.1) is 5.82 Å². The van der Waals surface area contributed by atoms with Crippen molar-refractivity contribution in [3.63, 3.8) is 0 Å². The molecule has 0 aromatic heterocycles. The molecule has 0 aliphatic rings.